The van der Waals surface area contributed by atoms with Crippen LogP contribution in [-0.4, -0.2) is 19.2 Å². The van der Waals surface area contributed by atoms with Crippen LogP contribution in [0.25, 0.3) is 0 Å². The summed E-state index contributed by atoms with van der Waals surface area (Å²) in [6.45, 7) is 2.79. The number of benzene rings is 1. The second kappa shape index (κ2) is 4.91. The molecule has 1 aromatic rings. The molecule has 1 aromatic carbocycles. The molecule has 1 saturated heterocycles. The highest BCUT2D eigenvalue weighted by atomic mass is 79.9. The number of halogens is 1. The molecule has 0 aliphatic carbocycles. The van der Waals surface area contributed by atoms with E-state index in [4.69, 9.17) is 4.74 Å². The van der Waals surface area contributed by atoms with Crippen molar-refractivity contribution in [2.45, 2.75) is 19.1 Å². The highest BCUT2D eigenvalue weighted by Crippen LogP contribution is 2.14. The predicted molar refractivity (Wildman–Crippen MR) is 60.2 cm³/mol. The molecule has 76 valence electrons. The third kappa shape index (κ3) is 2.80. The highest BCUT2D eigenvalue weighted by Gasteiger charge is 2.14. The van der Waals surface area contributed by atoms with Crippen molar-refractivity contribution in [3.63, 3.8) is 0 Å². The second-order valence-corrected chi connectivity index (χ2v) is 4.47. The summed E-state index contributed by atoms with van der Waals surface area (Å²) in [7, 11) is 0. The van der Waals surface area contributed by atoms with E-state index in [1.54, 1.807) is 0 Å². The van der Waals surface area contributed by atoms with Crippen molar-refractivity contribution in [2.75, 3.05) is 13.1 Å². The normalized spacial score (nSPS) is 21.4. The Balaban J connectivity index is 1.85. The Morgan fingerprint density at radius 1 is 1.50 bits per heavy atom. The zero-order valence-electron chi connectivity index (χ0n) is 8.00. The van der Waals surface area contributed by atoms with Crippen molar-refractivity contribution in [3.8, 4) is 0 Å². The van der Waals surface area contributed by atoms with Gasteiger partial charge >= 0.3 is 0 Å². The molecule has 1 aliphatic rings. The minimum Gasteiger partial charge on any atom is -0.372 e. The van der Waals surface area contributed by atoms with E-state index < -0.39 is 0 Å². The lowest BCUT2D eigenvalue weighted by Gasteiger charge is -2.10. The predicted octanol–water partition coefficient (Wildman–Crippen LogP) is 2.33. The number of hydrogen-bond donors (Lipinski definition) is 1. The van der Waals surface area contributed by atoms with Gasteiger partial charge in [0.05, 0.1) is 12.7 Å². The fourth-order valence-electron chi connectivity index (χ4n) is 1.61. The molecule has 1 aliphatic heterocycles. The Hall–Kier alpha value is -0.380. The largest absolute Gasteiger partial charge is 0.372 e. The zero-order chi connectivity index (χ0) is 9.80. The van der Waals surface area contributed by atoms with Crippen molar-refractivity contribution in [2.24, 2.45) is 0 Å². The Morgan fingerprint density at radius 2 is 2.43 bits per heavy atom. The van der Waals surface area contributed by atoms with Gasteiger partial charge in [-0.1, -0.05) is 28.1 Å². The van der Waals surface area contributed by atoms with Gasteiger partial charge in [-0.15, -0.1) is 0 Å². The third-order valence-electron chi connectivity index (χ3n) is 2.39. The number of rotatable bonds is 3. The summed E-state index contributed by atoms with van der Waals surface area (Å²) in [4.78, 5) is 0. The fourth-order valence-corrected chi connectivity index (χ4v) is 2.06. The van der Waals surface area contributed by atoms with E-state index in [1.165, 1.54) is 5.56 Å². The van der Waals surface area contributed by atoms with E-state index in [2.05, 4.69) is 33.4 Å². The summed E-state index contributed by atoms with van der Waals surface area (Å²) in [6, 6.07) is 8.26. The van der Waals surface area contributed by atoms with Crippen LogP contribution >= 0.6 is 15.9 Å². The Bertz CT molecular complexity index is 297. The monoisotopic (exact) mass is 255 g/mol. The van der Waals surface area contributed by atoms with Crippen molar-refractivity contribution in [3.05, 3.63) is 34.3 Å². The summed E-state index contributed by atoms with van der Waals surface area (Å²) in [6.07, 6.45) is 1.53. The van der Waals surface area contributed by atoms with Crippen LogP contribution in [0.2, 0.25) is 0 Å². The SMILES string of the molecule is Brc1cccc(CO[C@H]2CCNC2)c1. The number of hydrogen-bond acceptors (Lipinski definition) is 2. The summed E-state index contributed by atoms with van der Waals surface area (Å²) in [5.41, 5.74) is 1.23. The molecular formula is C11H14BrNO. The number of nitrogens with one attached hydrogen (secondary N) is 1. The van der Waals surface area contributed by atoms with Crippen LogP contribution in [0, 0.1) is 0 Å². The van der Waals surface area contributed by atoms with Crippen LogP contribution < -0.4 is 5.32 Å². The molecule has 1 heterocycles. The van der Waals surface area contributed by atoms with Gasteiger partial charge < -0.3 is 10.1 Å². The molecule has 2 nitrogen and oxygen atoms in total. The summed E-state index contributed by atoms with van der Waals surface area (Å²) < 4.78 is 6.87. The number of ether oxygens (including phenoxy) is 1. The molecule has 1 atom stereocenters. The summed E-state index contributed by atoms with van der Waals surface area (Å²) in [5, 5.41) is 3.29. The molecular weight excluding hydrogens is 242 g/mol. The van der Waals surface area contributed by atoms with Gasteiger partial charge in [-0.3, -0.25) is 0 Å². The lowest BCUT2D eigenvalue weighted by Crippen LogP contribution is -2.16. The fraction of sp³-hybridized carbons (Fsp3) is 0.455. The van der Waals surface area contributed by atoms with Crippen LogP contribution in [0.15, 0.2) is 28.7 Å². The van der Waals surface area contributed by atoms with E-state index in [0.29, 0.717) is 12.7 Å². The Morgan fingerprint density at radius 3 is 3.14 bits per heavy atom. The zero-order valence-corrected chi connectivity index (χ0v) is 9.59. The van der Waals surface area contributed by atoms with Crippen molar-refractivity contribution in [1.29, 1.82) is 0 Å². The van der Waals surface area contributed by atoms with E-state index in [-0.39, 0.29) is 0 Å². The van der Waals surface area contributed by atoms with Crippen molar-refractivity contribution >= 4 is 15.9 Å². The summed E-state index contributed by atoms with van der Waals surface area (Å²) in [5.74, 6) is 0. The molecule has 0 spiro atoms. The molecule has 0 unspecified atom stereocenters. The van der Waals surface area contributed by atoms with Crippen LogP contribution in [0.5, 0.6) is 0 Å². The molecule has 0 radical (unpaired) electrons. The average molecular weight is 256 g/mol. The first-order chi connectivity index (χ1) is 6.84. The van der Waals surface area contributed by atoms with Gasteiger partial charge in [-0.2, -0.15) is 0 Å². The van der Waals surface area contributed by atoms with Crippen LogP contribution in [0.1, 0.15) is 12.0 Å². The maximum Gasteiger partial charge on any atom is 0.0721 e. The van der Waals surface area contributed by atoms with Gasteiger partial charge in [0, 0.05) is 11.0 Å². The second-order valence-electron chi connectivity index (χ2n) is 3.56. The topological polar surface area (TPSA) is 21.3 Å². The molecule has 0 amide bonds. The van der Waals surface area contributed by atoms with Crippen LogP contribution in [0.4, 0.5) is 0 Å². The molecule has 2 rings (SSSR count). The van der Waals surface area contributed by atoms with Gasteiger partial charge in [0.2, 0.25) is 0 Å². The maximum atomic E-state index is 5.76. The van der Waals surface area contributed by atoms with E-state index in [1.807, 2.05) is 12.1 Å². The first-order valence-electron chi connectivity index (χ1n) is 4.91. The Kier molecular flexibility index (Phi) is 3.56. The summed E-state index contributed by atoms with van der Waals surface area (Å²) >= 11 is 3.45. The van der Waals surface area contributed by atoms with Crippen molar-refractivity contribution < 1.29 is 4.74 Å². The quantitative estimate of drug-likeness (QED) is 0.896. The molecule has 0 aromatic heterocycles. The molecule has 14 heavy (non-hydrogen) atoms. The van der Waals surface area contributed by atoms with E-state index >= 15 is 0 Å². The lowest BCUT2D eigenvalue weighted by atomic mass is 10.2. The Labute approximate surface area is 92.8 Å². The molecule has 0 bridgehead atoms. The van der Waals surface area contributed by atoms with E-state index in [0.717, 1.165) is 24.0 Å². The first-order valence-corrected chi connectivity index (χ1v) is 5.70. The van der Waals surface area contributed by atoms with Crippen LogP contribution in [-0.2, 0) is 11.3 Å². The van der Waals surface area contributed by atoms with Gasteiger partial charge in [0.1, 0.15) is 0 Å². The van der Waals surface area contributed by atoms with Gasteiger partial charge in [-0.05, 0) is 30.7 Å². The molecule has 0 saturated carbocycles. The van der Waals surface area contributed by atoms with Crippen molar-refractivity contribution in [1.82, 2.24) is 5.32 Å². The average Bonchev–Trinajstić information content (AvgIpc) is 2.67. The molecule has 1 N–H and O–H groups in total. The lowest BCUT2D eigenvalue weighted by molar-refractivity contribution is 0.0542. The standard InChI is InChI=1S/C11H14BrNO/c12-10-3-1-2-9(6-10)8-14-11-4-5-13-7-11/h1-3,6,11,13H,4-5,7-8H2/t11-/m0/s1. The van der Waals surface area contributed by atoms with Gasteiger partial charge in [0.25, 0.3) is 0 Å². The first kappa shape index (κ1) is 10.1. The van der Waals surface area contributed by atoms with Gasteiger partial charge in [0.15, 0.2) is 0 Å². The third-order valence-corrected chi connectivity index (χ3v) is 2.88. The maximum absolute atomic E-state index is 5.76. The van der Waals surface area contributed by atoms with E-state index in [9.17, 15) is 0 Å². The minimum absolute atomic E-state index is 0.397. The van der Waals surface area contributed by atoms with Gasteiger partial charge in [-0.25, -0.2) is 0 Å². The molecule has 1 fully saturated rings. The highest BCUT2D eigenvalue weighted by molar-refractivity contribution is 9.10. The smallest absolute Gasteiger partial charge is 0.0721 e. The molecule has 3 heteroatoms. The minimum atomic E-state index is 0.397. The van der Waals surface area contributed by atoms with Crippen LogP contribution in [0.3, 0.4) is 0 Å².